The smallest absolute Gasteiger partial charge is 0.0703 e. The Balaban J connectivity index is 3.30. The molecule has 0 aliphatic heterocycles. The minimum absolute atomic E-state index is 0.315. The van der Waals surface area contributed by atoms with Gasteiger partial charge in [-0.3, -0.25) is 0 Å². The van der Waals surface area contributed by atoms with Crippen LogP contribution in [0.1, 0.15) is 53.4 Å². The van der Waals surface area contributed by atoms with Crippen LogP contribution in [0.2, 0.25) is 0 Å². The van der Waals surface area contributed by atoms with Gasteiger partial charge in [-0.05, 0) is 26.2 Å². The van der Waals surface area contributed by atoms with E-state index in [1.807, 2.05) is 0 Å². The Morgan fingerprint density at radius 2 is 1.80 bits per heavy atom. The van der Waals surface area contributed by atoms with Crippen LogP contribution < -0.4 is 0 Å². The molecule has 0 spiro atoms. The van der Waals surface area contributed by atoms with Crippen molar-refractivity contribution in [3.05, 3.63) is 0 Å². The minimum Gasteiger partial charge on any atom is -0.379 e. The summed E-state index contributed by atoms with van der Waals surface area (Å²) in [6.07, 6.45) is 5.45. The third-order valence-corrected chi connectivity index (χ3v) is 2.58. The van der Waals surface area contributed by atoms with Crippen molar-refractivity contribution in [1.29, 1.82) is 0 Å². The fourth-order valence-electron chi connectivity index (χ4n) is 1.49. The lowest BCUT2D eigenvalue weighted by atomic mass is 10.0. The standard InChI is InChI=1S/C13H28O2/c1-5-7-8-13(6-2)11-14-9-10-15-12(3)4/h12-13H,5-11H2,1-4H3. The Morgan fingerprint density at radius 1 is 1.07 bits per heavy atom. The topological polar surface area (TPSA) is 18.5 Å². The average Bonchev–Trinajstić information content (AvgIpc) is 2.21. The molecule has 0 aliphatic carbocycles. The summed E-state index contributed by atoms with van der Waals surface area (Å²) in [5.74, 6) is 0.740. The van der Waals surface area contributed by atoms with Crippen LogP contribution in [-0.4, -0.2) is 25.9 Å². The third-order valence-electron chi connectivity index (χ3n) is 2.58. The molecule has 0 aromatic heterocycles. The molecule has 0 heterocycles. The van der Waals surface area contributed by atoms with Crippen LogP contribution in [0.4, 0.5) is 0 Å². The maximum Gasteiger partial charge on any atom is 0.0703 e. The number of rotatable bonds is 10. The lowest BCUT2D eigenvalue weighted by molar-refractivity contribution is 0.00841. The summed E-state index contributed by atoms with van der Waals surface area (Å²) in [5, 5.41) is 0. The highest BCUT2D eigenvalue weighted by Crippen LogP contribution is 2.12. The van der Waals surface area contributed by atoms with E-state index in [1.165, 1.54) is 25.7 Å². The van der Waals surface area contributed by atoms with Crippen LogP contribution in [0.5, 0.6) is 0 Å². The van der Waals surface area contributed by atoms with E-state index in [-0.39, 0.29) is 0 Å². The predicted molar refractivity (Wildman–Crippen MR) is 65.2 cm³/mol. The molecular weight excluding hydrogens is 188 g/mol. The first-order valence-electron chi connectivity index (χ1n) is 6.40. The molecule has 1 atom stereocenters. The van der Waals surface area contributed by atoms with Crippen LogP contribution in [-0.2, 0) is 9.47 Å². The van der Waals surface area contributed by atoms with E-state index in [4.69, 9.17) is 9.47 Å². The molecule has 0 bridgehead atoms. The molecule has 15 heavy (non-hydrogen) atoms. The quantitative estimate of drug-likeness (QED) is 0.519. The van der Waals surface area contributed by atoms with Gasteiger partial charge < -0.3 is 9.47 Å². The number of hydrogen-bond donors (Lipinski definition) is 0. The third kappa shape index (κ3) is 10.2. The summed E-state index contributed by atoms with van der Waals surface area (Å²) in [6, 6.07) is 0. The van der Waals surface area contributed by atoms with Gasteiger partial charge in [0.05, 0.1) is 19.3 Å². The summed E-state index contributed by atoms with van der Waals surface area (Å²) in [5.41, 5.74) is 0. The fraction of sp³-hybridized carbons (Fsp3) is 1.00. The number of hydrogen-bond acceptors (Lipinski definition) is 2. The summed E-state index contributed by atoms with van der Waals surface area (Å²) in [6.45, 7) is 10.9. The van der Waals surface area contributed by atoms with Crippen molar-refractivity contribution in [2.75, 3.05) is 19.8 Å². The Morgan fingerprint density at radius 3 is 2.33 bits per heavy atom. The van der Waals surface area contributed by atoms with Gasteiger partial charge in [0.1, 0.15) is 0 Å². The van der Waals surface area contributed by atoms with E-state index in [2.05, 4.69) is 27.7 Å². The van der Waals surface area contributed by atoms with Gasteiger partial charge in [-0.1, -0.05) is 33.1 Å². The van der Waals surface area contributed by atoms with Gasteiger partial charge in [0.15, 0.2) is 0 Å². The van der Waals surface area contributed by atoms with Crippen LogP contribution in [0.25, 0.3) is 0 Å². The highest BCUT2D eigenvalue weighted by molar-refractivity contribution is 4.55. The van der Waals surface area contributed by atoms with Crippen LogP contribution >= 0.6 is 0 Å². The molecule has 2 nitrogen and oxygen atoms in total. The molecule has 0 rings (SSSR count). The Kier molecular flexibility index (Phi) is 10.4. The Labute approximate surface area is 95.3 Å². The van der Waals surface area contributed by atoms with Crippen LogP contribution in [0.3, 0.4) is 0 Å². The van der Waals surface area contributed by atoms with Gasteiger partial charge >= 0.3 is 0 Å². The highest BCUT2D eigenvalue weighted by Gasteiger charge is 2.05. The molecule has 0 aromatic carbocycles. The second-order valence-electron chi connectivity index (χ2n) is 4.41. The first kappa shape index (κ1) is 14.9. The number of ether oxygens (including phenoxy) is 2. The van der Waals surface area contributed by atoms with E-state index in [0.29, 0.717) is 6.10 Å². The summed E-state index contributed by atoms with van der Waals surface area (Å²) in [4.78, 5) is 0. The molecule has 0 aliphatic rings. The second kappa shape index (κ2) is 10.4. The van der Waals surface area contributed by atoms with Crippen molar-refractivity contribution in [2.45, 2.75) is 59.5 Å². The first-order chi connectivity index (χ1) is 7.20. The SMILES string of the molecule is CCCCC(CC)COCCOC(C)C. The van der Waals surface area contributed by atoms with Gasteiger partial charge in [-0.15, -0.1) is 0 Å². The second-order valence-corrected chi connectivity index (χ2v) is 4.41. The van der Waals surface area contributed by atoms with E-state index in [9.17, 15) is 0 Å². The summed E-state index contributed by atoms with van der Waals surface area (Å²) >= 11 is 0. The summed E-state index contributed by atoms with van der Waals surface area (Å²) in [7, 11) is 0. The zero-order valence-corrected chi connectivity index (χ0v) is 10.9. The Hall–Kier alpha value is -0.0800. The van der Waals surface area contributed by atoms with Gasteiger partial charge in [0.2, 0.25) is 0 Å². The predicted octanol–water partition coefficient (Wildman–Crippen LogP) is 3.64. The van der Waals surface area contributed by atoms with Crippen molar-refractivity contribution in [3.63, 3.8) is 0 Å². The fourth-order valence-corrected chi connectivity index (χ4v) is 1.49. The maximum atomic E-state index is 5.61. The molecule has 0 saturated carbocycles. The molecule has 0 N–H and O–H groups in total. The van der Waals surface area contributed by atoms with Crippen molar-refractivity contribution in [2.24, 2.45) is 5.92 Å². The van der Waals surface area contributed by atoms with Crippen molar-refractivity contribution >= 4 is 0 Å². The molecule has 1 unspecified atom stereocenters. The van der Waals surface area contributed by atoms with Crippen LogP contribution in [0, 0.1) is 5.92 Å². The largest absolute Gasteiger partial charge is 0.379 e. The lowest BCUT2D eigenvalue weighted by Gasteiger charge is -2.15. The van der Waals surface area contributed by atoms with E-state index < -0.39 is 0 Å². The summed E-state index contributed by atoms with van der Waals surface area (Å²) < 4.78 is 11.0. The first-order valence-corrected chi connectivity index (χ1v) is 6.40. The Bertz CT molecular complexity index is 124. The molecule has 0 radical (unpaired) electrons. The number of unbranched alkanes of at least 4 members (excludes halogenated alkanes) is 1. The zero-order chi connectivity index (χ0) is 11.5. The van der Waals surface area contributed by atoms with E-state index >= 15 is 0 Å². The average molecular weight is 216 g/mol. The van der Waals surface area contributed by atoms with Gasteiger partial charge in [-0.25, -0.2) is 0 Å². The maximum absolute atomic E-state index is 5.61. The zero-order valence-electron chi connectivity index (χ0n) is 10.9. The van der Waals surface area contributed by atoms with E-state index in [0.717, 1.165) is 25.7 Å². The molecule has 0 fully saturated rings. The molecule has 0 amide bonds. The van der Waals surface area contributed by atoms with Crippen LogP contribution in [0.15, 0.2) is 0 Å². The minimum atomic E-state index is 0.315. The van der Waals surface area contributed by atoms with Crippen molar-refractivity contribution < 1.29 is 9.47 Å². The lowest BCUT2D eigenvalue weighted by Crippen LogP contribution is -2.14. The normalized spacial score (nSPS) is 13.4. The van der Waals surface area contributed by atoms with Gasteiger partial charge in [-0.2, -0.15) is 0 Å². The van der Waals surface area contributed by atoms with Crippen molar-refractivity contribution in [3.8, 4) is 0 Å². The molecule has 0 aromatic rings. The van der Waals surface area contributed by atoms with Gasteiger partial charge in [0.25, 0.3) is 0 Å². The van der Waals surface area contributed by atoms with Crippen molar-refractivity contribution in [1.82, 2.24) is 0 Å². The van der Waals surface area contributed by atoms with E-state index in [1.54, 1.807) is 0 Å². The monoisotopic (exact) mass is 216 g/mol. The highest BCUT2D eigenvalue weighted by atomic mass is 16.5. The van der Waals surface area contributed by atoms with Gasteiger partial charge in [0, 0.05) is 6.61 Å². The molecule has 0 saturated heterocycles. The molecule has 2 heteroatoms. The molecular formula is C13H28O2. The molecule has 92 valence electrons.